The van der Waals surface area contributed by atoms with Crippen molar-refractivity contribution in [2.24, 2.45) is 0 Å². The van der Waals surface area contributed by atoms with Crippen molar-refractivity contribution in [3.8, 4) is 0 Å². The van der Waals surface area contributed by atoms with Crippen LogP contribution in [0, 0.1) is 10.1 Å². The average Bonchev–Trinajstić information content (AvgIpc) is 3.00. The summed E-state index contributed by atoms with van der Waals surface area (Å²) in [6.07, 6.45) is 2.09. The van der Waals surface area contributed by atoms with E-state index >= 15 is 0 Å². The zero-order valence-corrected chi connectivity index (χ0v) is 13.3. The molecule has 8 heteroatoms. The van der Waals surface area contributed by atoms with Gasteiger partial charge in [0.05, 0.1) is 4.92 Å². The third-order valence-electron chi connectivity index (χ3n) is 3.54. The number of nitro benzene ring substituents is 1. The van der Waals surface area contributed by atoms with Crippen molar-refractivity contribution in [3.63, 3.8) is 0 Å². The number of hydrogen-bond acceptors (Lipinski definition) is 5. The molecule has 0 aliphatic carbocycles. The lowest BCUT2D eigenvalue weighted by molar-refractivity contribution is -0.384. The molecule has 122 valence electrons. The Balaban J connectivity index is 0.00000242. The fourth-order valence-electron chi connectivity index (χ4n) is 2.44. The molecule has 0 atom stereocenters. The number of carbonyl (C=O) groups excluding carboxylic acids is 1. The molecule has 0 aromatic heterocycles. The smallest absolute Gasteiger partial charge is 0.293 e. The van der Waals surface area contributed by atoms with Gasteiger partial charge in [-0.3, -0.25) is 14.9 Å². The first-order valence-electron chi connectivity index (χ1n) is 7.09. The maximum absolute atomic E-state index is 12.0. The van der Waals surface area contributed by atoms with E-state index in [1.54, 1.807) is 19.2 Å². The Morgan fingerprint density at radius 2 is 2.00 bits per heavy atom. The van der Waals surface area contributed by atoms with Gasteiger partial charge in [-0.1, -0.05) is 0 Å². The normalized spacial score (nSPS) is 13.6. The number of carbonyl (C=O) groups is 1. The van der Waals surface area contributed by atoms with Crippen LogP contribution in [0.15, 0.2) is 18.2 Å². The number of nitro groups is 1. The summed E-state index contributed by atoms with van der Waals surface area (Å²) in [6, 6.07) is 4.69. The molecule has 1 amide bonds. The molecule has 1 aromatic rings. The van der Waals surface area contributed by atoms with E-state index in [0.717, 1.165) is 25.9 Å². The van der Waals surface area contributed by atoms with E-state index in [0.29, 0.717) is 24.3 Å². The number of amides is 1. The van der Waals surface area contributed by atoms with Crippen LogP contribution in [0.2, 0.25) is 0 Å². The summed E-state index contributed by atoms with van der Waals surface area (Å²) in [6.45, 7) is 2.79. The number of anilines is 1. The Labute approximate surface area is 135 Å². The van der Waals surface area contributed by atoms with Gasteiger partial charge in [0.2, 0.25) is 0 Å². The Morgan fingerprint density at radius 1 is 1.32 bits per heavy atom. The van der Waals surface area contributed by atoms with Crippen LogP contribution in [0.1, 0.15) is 23.2 Å². The molecule has 0 saturated carbocycles. The van der Waals surface area contributed by atoms with Crippen molar-refractivity contribution in [2.45, 2.75) is 12.8 Å². The molecule has 1 aliphatic heterocycles. The van der Waals surface area contributed by atoms with E-state index in [1.165, 1.54) is 6.07 Å². The van der Waals surface area contributed by atoms with Crippen molar-refractivity contribution in [3.05, 3.63) is 33.9 Å². The molecule has 0 bridgehead atoms. The molecule has 0 spiro atoms. The summed E-state index contributed by atoms with van der Waals surface area (Å²) < 4.78 is 0. The minimum Gasteiger partial charge on any atom is -0.366 e. The molecule has 1 aromatic carbocycles. The quantitative estimate of drug-likeness (QED) is 0.470. The summed E-state index contributed by atoms with van der Waals surface area (Å²) >= 11 is 0. The molecular formula is C14H21ClN4O3. The zero-order chi connectivity index (χ0) is 15.2. The standard InChI is InChI=1S/C14H20N4O3.ClH/c1-15-6-7-16-14(19)11-4-5-12(13(10-11)18(20)21)17-8-2-3-9-17;/h4-5,10,15H,2-3,6-9H2,1H3,(H,16,19);1H. The molecule has 1 fully saturated rings. The van der Waals surface area contributed by atoms with Crippen LogP contribution in [0.4, 0.5) is 11.4 Å². The highest BCUT2D eigenvalue weighted by atomic mass is 35.5. The number of rotatable bonds is 6. The molecule has 22 heavy (non-hydrogen) atoms. The van der Waals surface area contributed by atoms with Gasteiger partial charge in [-0.25, -0.2) is 0 Å². The molecule has 2 rings (SSSR count). The zero-order valence-electron chi connectivity index (χ0n) is 12.5. The monoisotopic (exact) mass is 328 g/mol. The lowest BCUT2D eigenvalue weighted by atomic mass is 10.1. The van der Waals surface area contributed by atoms with Crippen LogP contribution in [0.5, 0.6) is 0 Å². The third-order valence-corrected chi connectivity index (χ3v) is 3.54. The van der Waals surface area contributed by atoms with Gasteiger partial charge in [0.1, 0.15) is 5.69 Å². The van der Waals surface area contributed by atoms with Gasteiger partial charge in [-0.15, -0.1) is 12.4 Å². The fraction of sp³-hybridized carbons (Fsp3) is 0.500. The molecule has 1 saturated heterocycles. The van der Waals surface area contributed by atoms with Crippen molar-refractivity contribution in [2.75, 3.05) is 38.1 Å². The highest BCUT2D eigenvalue weighted by Crippen LogP contribution is 2.31. The summed E-state index contributed by atoms with van der Waals surface area (Å²) in [5.74, 6) is -0.290. The summed E-state index contributed by atoms with van der Waals surface area (Å²) in [5, 5.41) is 16.9. The number of hydrogen-bond donors (Lipinski definition) is 2. The van der Waals surface area contributed by atoms with Crippen molar-refractivity contribution in [1.82, 2.24) is 10.6 Å². The Bertz CT molecular complexity index is 533. The molecule has 0 unspecified atom stereocenters. The summed E-state index contributed by atoms with van der Waals surface area (Å²) in [4.78, 5) is 24.8. The number of nitrogens with zero attached hydrogens (tertiary/aromatic N) is 2. The number of halogens is 1. The molecular weight excluding hydrogens is 308 g/mol. The van der Waals surface area contributed by atoms with Crippen molar-refractivity contribution < 1.29 is 9.72 Å². The van der Waals surface area contributed by atoms with Gasteiger partial charge in [-0.05, 0) is 32.0 Å². The average molecular weight is 329 g/mol. The van der Waals surface area contributed by atoms with Crippen LogP contribution < -0.4 is 15.5 Å². The largest absolute Gasteiger partial charge is 0.366 e. The van der Waals surface area contributed by atoms with Crippen LogP contribution in [-0.2, 0) is 0 Å². The first kappa shape index (κ1) is 18.2. The van der Waals surface area contributed by atoms with E-state index in [9.17, 15) is 14.9 Å². The molecule has 0 radical (unpaired) electrons. The maximum Gasteiger partial charge on any atom is 0.293 e. The van der Waals surface area contributed by atoms with E-state index in [-0.39, 0.29) is 24.0 Å². The highest BCUT2D eigenvalue weighted by Gasteiger charge is 2.23. The van der Waals surface area contributed by atoms with E-state index in [4.69, 9.17) is 0 Å². The Hall–Kier alpha value is -1.86. The minimum atomic E-state index is -0.419. The maximum atomic E-state index is 12.0. The van der Waals surface area contributed by atoms with Gasteiger partial charge in [0.15, 0.2) is 0 Å². The van der Waals surface area contributed by atoms with Crippen LogP contribution >= 0.6 is 12.4 Å². The Morgan fingerprint density at radius 3 is 2.59 bits per heavy atom. The van der Waals surface area contributed by atoms with Gasteiger partial charge >= 0.3 is 0 Å². The lowest BCUT2D eigenvalue weighted by Crippen LogP contribution is -2.30. The third kappa shape index (κ3) is 4.32. The van der Waals surface area contributed by atoms with Crippen LogP contribution in [0.3, 0.4) is 0 Å². The van der Waals surface area contributed by atoms with Gasteiger partial charge in [-0.2, -0.15) is 0 Å². The van der Waals surface area contributed by atoms with Crippen LogP contribution in [-0.4, -0.2) is 44.1 Å². The van der Waals surface area contributed by atoms with E-state index < -0.39 is 4.92 Å². The summed E-state index contributed by atoms with van der Waals surface area (Å²) in [5.41, 5.74) is 0.920. The molecule has 2 N–H and O–H groups in total. The minimum absolute atomic E-state index is 0. The fourth-order valence-corrected chi connectivity index (χ4v) is 2.44. The lowest BCUT2D eigenvalue weighted by Gasteiger charge is -2.17. The second kappa shape index (κ2) is 8.55. The molecule has 7 nitrogen and oxygen atoms in total. The topological polar surface area (TPSA) is 87.5 Å². The van der Waals surface area contributed by atoms with Gasteiger partial charge in [0.25, 0.3) is 11.6 Å². The summed E-state index contributed by atoms with van der Waals surface area (Å²) in [7, 11) is 1.79. The first-order valence-corrected chi connectivity index (χ1v) is 7.09. The van der Waals surface area contributed by atoms with Crippen molar-refractivity contribution in [1.29, 1.82) is 0 Å². The Kier molecular flexibility index (Phi) is 7.07. The second-order valence-corrected chi connectivity index (χ2v) is 5.01. The predicted octanol–water partition coefficient (Wildman–Crippen LogP) is 1.57. The van der Waals surface area contributed by atoms with E-state index in [1.807, 2.05) is 4.90 Å². The van der Waals surface area contributed by atoms with Gasteiger partial charge < -0.3 is 15.5 Å². The molecule has 1 aliphatic rings. The van der Waals surface area contributed by atoms with E-state index in [2.05, 4.69) is 10.6 Å². The predicted molar refractivity (Wildman–Crippen MR) is 88.1 cm³/mol. The number of likely N-dealkylation sites (N-methyl/N-ethyl adjacent to an activating group) is 1. The highest BCUT2D eigenvalue weighted by molar-refractivity contribution is 5.95. The van der Waals surface area contributed by atoms with Crippen molar-refractivity contribution >= 4 is 29.7 Å². The SMILES string of the molecule is CNCCNC(=O)c1ccc(N2CCCC2)c([N+](=O)[O-])c1.Cl. The first-order chi connectivity index (χ1) is 10.1. The molecule has 1 heterocycles. The van der Waals surface area contributed by atoms with Crippen LogP contribution in [0.25, 0.3) is 0 Å². The number of nitrogens with one attached hydrogen (secondary N) is 2. The number of benzene rings is 1. The second-order valence-electron chi connectivity index (χ2n) is 5.01. The van der Waals surface area contributed by atoms with Gasteiger partial charge in [0, 0.05) is 37.8 Å².